The van der Waals surface area contributed by atoms with Gasteiger partial charge in [0.15, 0.2) is 0 Å². The minimum Gasteiger partial charge on any atom is -0.375 e. The van der Waals surface area contributed by atoms with Crippen molar-refractivity contribution in [3.05, 3.63) is 35.5 Å². The number of nitrogens with two attached hydrogens (primary N) is 1. The quantitative estimate of drug-likeness (QED) is 0.618. The van der Waals surface area contributed by atoms with Gasteiger partial charge < -0.3 is 11.1 Å². The van der Waals surface area contributed by atoms with Crippen molar-refractivity contribution in [2.45, 2.75) is 19.9 Å². The van der Waals surface area contributed by atoms with E-state index in [1.165, 1.54) is 0 Å². The van der Waals surface area contributed by atoms with Crippen LogP contribution >= 0.6 is 23.8 Å². The van der Waals surface area contributed by atoms with Crippen molar-refractivity contribution in [1.29, 1.82) is 0 Å². The van der Waals surface area contributed by atoms with E-state index in [1.807, 2.05) is 19.4 Å². The Morgan fingerprint density at radius 2 is 2.39 bits per heavy atom. The molecule has 0 fully saturated rings. The third-order valence-corrected chi connectivity index (χ3v) is 2.72. The van der Waals surface area contributed by atoms with Crippen molar-refractivity contribution < 1.29 is 4.79 Å². The number of primary amides is 1. The fourth-order valence-corrected chi connectivity index (χ4v) is 1.81. The van der Waals surface area contributed by atoms with Crippen molar-refractivity contribution in [2.75, 3.05) is 0 Å². The number of halogens is 1. The molecule has 3 N–H and O–H groups in total. The number of carbonyl (C=O) groups is 1. The number of rotatable bonds is 6. The number of aromatic nitrogens is 1. The molecule has 0 aromatic carbocycles. The molecular formula is C12H15ClN3OS. The molecule has 0 bridgehead atoms. The predicted octanol–water partition coefficient (Wildman–Crippen LogP) is 1.87. The van der Waals surface area contributed by atoms with Crippen LogP contribution in [0.5, 0.6) is 0 Å². The first-order valence-corrected chi connectivity index (χ1v) is 6.27. The van der Waals surface area contributed by atoms with E-state index in [1.54, 1.807) is 12.3 Å². The Morgan fingerprint density at radius 3 is 2.94 bits per heavy atom. The van der Waals surface area contributed by atoms with Crippen LogP contribution in [0.15, 0.2) is 18.3 Å². The highest BCUT2D eigenvalue weighted by atomic mass is 35.5. The second kappa shape index (κ2) is 7.28. The molecule has 1 heterocycles. The molecular weight excluding hydrogens is 270 g/mol. The van der Waals surface area contributed by atoms with Gasteiger partial charge in [0.2, 0.25) is 5.91 Å². The minimum atomic E-state index is -0.330. The smallest absolute Gasteiger partial charge is 0.217 e. The molecule has 1 amide bonds. The summed E-state index contributed by atoms with van der Waals surface area (Å²) < 4.78 is 0. The maximum Gasteiger partial charge on any atom is 0.217 e. The molecule has 1 rings (SSSR count). The Morgan fingerprint density at radius 1 is 1.67 bits per heavy atom. The normalized spacial score (nSPS) is 11.9. The summed E-state index contributed by atoms with van der Waals surface area (Å²) >= 11 is 10.8. The summed E-state index contributed by atoms with van der Waals surface area (Å²) in [5, 5.41) is 3.52. The molecule has 0 unspecified atom stereocenters. The molecule has 0 saturated heterocycles. The van der Waals surface area contributed by atoms with Crippen LogP contribution in [0, 0.1) is 12.3 Å². The third kappa shape index (κ3) is 5.93. The summed E-state index contributed by atoms with van der Waals surface area (Å²) in [7, 11) is 0. The van der Waals surface area contributed by atoms with Gasteiger partial charge in [-0.25, -0.2) is 4.98 Å². The number of carbonyl (C=O) groups excluding carboxylic acids is 1. The molecule has 1 radical (unpaired) electrons. The zero-order valence-electron chi connectivity index (χ0n) is 10.0. The average molecular weight is 285 g/mol. The largest absolute Gasteiger partial charge is 0.375 e. The van der Waals surface area contributed by atoms with Crippen LogP contribution in [0.25, 0.3) is 0 Å². The standard InChI is InChI=1S/C12H15ClN3OS/c1-8(4-11(14)17)5-12(18)16-7-9-2-3-10(13)15-6-9/h2-3,5-6,8H,4,7H2,1H3,(H2,14,17)(H,16,18)/t8-/m1/s1. The van der Waals surface area contributed by atoms with Crippen LogP contribution in [0.3, 0.4) is 0 Å². The maximum absolute atomic E-state index is 10.7. The van der Waals surface area contributed by atoms with Crippen LogP contribution in [0.1, 0.15) is 18.9 Å². The minimum absolute atomic E-state index is 0.0332. The lowest BCUT2D eigenvalue weighted by atomic mass is 10.0. The van der Waals surface area contributed by atoms with E-state index in [0.717, 1.165) is 5.56 Å². The van der Waals surface area contributed by atoms with E-state index >= 15 is 0 Å². The van der Waals surface area contributed by atoms with Gasteiger partial charge in [-0.1, -0.05) is 36.8 Å². The van der Waals surface area contributed by atoms with Crippen molar-refractivity contribution in [3.8, 4) is 0 Å². The number of hydrogen-bond acceptors (Lipinski definition) is 3. The van der Waals surface area contributed by atoms with E-state index in [9.17, 15) is 4.79 Å². The lowest BCUT2D eigenvalue weighted by molar-refractivity contribution is -0.118. The molecule has 1 aromatic heterocycles. The first-order chi connectivity index (χ1) is 8.47. The van der Waals surface area contributed by atoms with Crippen molar-refractivity contribution >= 4 is 34.7 Å². The summed E-state index contributed by atoms with van der Waals surface area (Å²) in [5.41, 5.74) is 6.09. The van der Waals surface area contributed by atoms with Gasteiger partial charge >= 0.3 is 0 Å². The molecule has 6 heteroatoms. The Balaban J connectivity index is 2.32. The molecule has 97 valence electrons. The first kappa shape index (κ1) is 14.9. The van der Waals surface area contributed by atoms with Crippen LogP contribution in [-0.4, -0.2) is 15.9 Å². The zero-order chi connectivity index (χ0) is 13.5. The van der Waals surface area contributed by atoms with E-state index in [4.69, 9.17) is 29.6 Å². The Kier molecular flexibility index (Phi) is 6.01. The second-order valence-electron chi connectivity index (χ2n) is 4.02. The van der Waals surface area contributed by atoms with Gasteiger partial charge in [-0.3, -0.25) is 4.79 Å². The molecule has 0 spiro atoms. The van der Waals surface area contributed by atoms with Gasteiger partial charge in [-0.2, -0.15) is 0 Å². The molecule has 1 atom stereocenters. The van der Waals surface area contributed by atoms with Crippen molar-refractivity contribution in [3.63, 3.8) is 0 Å². The lowest BCUT2D eigenvalue weighted by Gasteiger charge is -2.11. The summed E-state index contributed by atoms with van der Waals surface area (Å²) in [5.74, 6) is -0.297. The van der Waals surface area contributed by atoms with Crippen LogP contribution in [0.4, 0.5) is 0 Å². The van der Waals surface area contributed by atoms with E-state index in [2.05, 4.69) is 10.3 Å². The van der Waals surface area contributed by atoms with Gasteiger partial charge in [-0.15, -0.1) is 0 Å². The number of hydrogen-bond donors (Lipinski definition) is 2. The average Bonchev–Trinajstić information content (AvgIpc) is 2.27. The molecule has 0 aliphatic carbocycles. The van der Waals surface area contributed by atoms with Gasteiger partial charge in [-0.05, 0) is 17.5 Å². The molecule has 4 nitrogen and oxygen atoms in total. The number of thiocarbonyl (C=S) groups is 1. The Bertz CT molecular complexity index is 422. The van der Waals surface area contributed by atoms with Crippen LogP contribution < -0.4 is 11.1 Å². The fraction of sp³-hybridized carbons (Fsp3) is 0.333. The fourth-order valence-electron chi connectivity index (χ4n) is 1.39. The zero-order valence-corrected chi connectivity index (χ0v) is 11.6. The highest BCUT2D eigenvalue weighted by Gasteiger charge is 2.09. The number of amides is 1. The first-order valence-electron chi connectivity index (χ1n) is 5.49. The van der Waals surface area contributed by atoms with E-state index < -0.39 is 0 Å². The monoisotopic (exact) mass is 284 g/mol. The van der Waals surface area contributed by atoms with Gasteiger partial charge in [0.25, 0.3) is 0 Å². The molecule has 18 heavy (non-hydrogen) atoms. The number of pyridine rings is 1. The third-order valence-electron chi connectivity index (χ3n) is 2.21. The highest BCUT2D eigenvalue weighted by Crippen LogP contribution is 2.08. The predicted molar refractivity (Wildman–Crippen MR) is 76.0 cm³/mol. The second-order valence-corrected chi connectivity index (χ2v) is 4.85. The topological polar surface area (TPSA) is 68.0 Å². The van der Waals surface area contributed by atoms with Crippen molar-refractivity contribution in [1.82, 2.24) is 10.3 Å². The summed E-state index contributed by atoms with van der Waals surface area (Å²) in [6.07, 6.45) is 3.79. The van der Waals surface area contributed by atoms with Crippen molar-refractivity contribution in [2.24, 2.45) is 11.7 Å². The number of nitrogens with zero attached hydrogens (tertiary/aromatic N) is 1. The van der Waals surface area contributed by atoms with Crippen LogP contribution in [-0.2, 0) is 11.3 Å². The summed E-state index contributed by atoms with van der Waals surface area (Å²) in [6.45, 7) is 2.46. The summed E-state index contributed by atoms with van der Waals surface area (Å²) in [6, 6.07) is 3.60. The summed E-state index contributed by atoms with van der Waals surface area (Å²) in [4.78, 5) is 15.3. The Hall–Kier alpha value is -1.20. The Labute approximate surface area is 117 Å². The molecule has 0 saturated carbocycles. The SMILES string of the molecule is C[C@@H]([CH]C(=S)NCc1ccc(Cl)nc1)CC(N)=O. The number of nitrogens with one attached hydrogen (secondary N) is 1. The lowest BCUT2D eigenvalue weighted by Crippen LogP contribution is -2.25. The van der Waals surface area contributed by atoms with Crippen LogP contribution in [0.2, 0.25) is 5.15 Å². The van der Waals surface area contributed by atoms with Gasteiger partial charge in [0.1, 0.15) is 5.15 Å². The van der Waals surface area contributed by atoms with Gasteiger partial charge in [0, 0.05) is 25.6 Å². The molecule has 1 aromatic rings. The highest BCUT2D eigenvalue weighted by molar-refractivity contribution is 7.80. The van der Waals surface area contributed by atoms with E-state index in [-0.39, 0.29) is 11.8 Å². The molecule has 0 aliphatic rings. The molecule has 0 aliphatic heterocycles. The van der Waals surface area contributed by atoms with E-state index in [0.29, 0.717) is 23.1 Å². The maximum atomic E-state index is 10.7. The van der Waals surface area contributed by atoms with Gasteiger partial charge in [0.05, 0.1) is 4.99 Å².